The van der Waals surface area contributed by atoms with Gasteiger partial charge in [-0.05, 0) is 24.3 Å². The van der Waals surface area contributed by atoms with E-state index < -0.39 is 18.5 Å². The van der Waals surface area contributed by atoms with Crippen molar-refractivity contribution >= 4 is 28.5 Å². The van der Waals surface area contributed by atoms with Crippen LogP contribution in [0.1, 0.15) is 5.56 Å². The Balaban J connectivity index is 1.31. The highest BCUT2D eigenvalue weighted by Gasteiger charge is 2.16. The summed E-state index contributed by atoms with van der Waals surface area (Å²) in [5.41, 5.74) is 1.60. The molecule has 8 nitrogen and oxygen atoms in total. The van der Waals surface area contributed by atoms with Gasteiger partial charge in [0, 0.05) is 28.8 Å². The second-order valence-electron chi connectivity index (χ2n) is 5.90. The maximum Gasteiger partial charge on any atom is 0.310 e. The summed E-state index contributed by atoms with van der Waals surface area (Å²) >= 11 is 0. The lowest BCUT2D eigenvalue weighted by atomic mass is 10.1. The molecule has 0 spiro atoms. The number of ether oxygens (including phenoxy) is 3. The summed E-state index contributed by atoms with van der Waals surface area (Å²) in [7, 11) is 0. The van der Waals surface area contributed by atoms with Crippen LogP contribution in [0, 0.1) is 0 Å². The summed E-state index contributed by atoms with van der Waals surface area (Å²) in [6.07, 6.45) is 1.38. The maximum absolute atomic E-state index is 12.0. The third kappa shape index (κ3) is 3.64. The summed E-state index contributed by atoms with van der Waals surface area (Å²) in [6.45, 7) is -0.267. The summed E-state index contributed by atoms with van der Waals surface area (Å²) in [5, 5.41) is 12.8. The van der Waals surface area contributed by atoms with Crippen molar-refractivity contribution in [1.29, 1.82) is 0 Å². The number of rotatable bonds is 5. The molecule has 1 aromatic heterocycles. The fourth-order valence-electron chi connectivity index (χ4n) is 2.73. The van der Waals surface area contributed by atoms with Crippen molar-refractivity contribution in [2.24, 2.45) is 0 Å². The SMILES string of the molecule is O=C(COC(=O)Cc1coc2cc(O)ccc12)Nc1ccc2c(c1)OCO2. The number of hydrogen-bond donors (Lipinski definition) is 2. The Morgan fingerprint density at radius 3 is 2.85 bits per heavy atom. The zero-order chi connectivity index (χ0) is 18.8. The predicted octanol–water partition coefficient (Wildman–Crippen LogP) is 2.59. The molecule has 138 valence electrons. The van der Waals surface area contributed by atoms with Crippen molar-refractivity contribution in [2.45, 2.75) is 6.42 Å². The molecular formula is C19H15NO7. The van der Waals surface area contributed by atoms with Gasteiger partial charge in [0.05, 0.1) is 12.7 Å². The molecule has 0 bridgehead atoms. The van der Waals surface area contributed by atoms with Crippen LogP contribution in [0.4, 0.5) is 5.69 Å². The normalized spacial score (nSPS) is 12.1. The Morgan fingerprint density at radius 2 is 1.96 bits per heavy atom. The minimum absolute atomic E-state index is 0.0465. The van der Waals surface area contributed by atoms with Crippen molar-refractivity contribution in [2.75, 3.05) is 18.7 Å². The molecule has 0 atom stereocenters. The fourth-order valence-corrected chi connectivity index (χ4v) is 2.73. The highest BCUT2D eigenvalue weighted by atomic mass is 16.7. The van der Waals surface area contributed by atoms with Gasteiger partial charge < -0.3 is 29.1 Å². The zero-order valence-electron chi connectivity index (χ0n) is 14.1. The Hall–Kier alpha value is -3.68. The van der Waals surface area contributed by atoms with Gasteiger partial charge in [-0.1, -0.05) is 0 Å². The third-order valence-electron chi connectivity index (χ3n) is 3.99. The topological polar surface area (TPSA) is 107 Å². The Morgan fingerprint density at radius 1 is 1.11 bits per heavy atom. The monoisotopic (exact) mass is 369 g/mol. The zero-order valence-corrected chi connectivity index (χ0v) is 14.1. The van der Waals surface area contributed by atoms with E-state index in [-0.39, 0.29) is 19.0 Å². The molecule has 0 aliphatic carbocycles. The average Bonchev–Trinajstić information content (AvgIpc) is 3.26. The molecule has 0 radical (unpaired) electrons. The number of carbonyl (C=O) groups excluding carboxylic acids is 2. The van der Waals surface area contributed by atoms with Gasteiger partial charge in [-0.2, -0.15) is 0 Å². The molecule has 1 aliphatic heterocycles. The van der Waals surface area contributed by atoms with Crippen LogP contribution in [0.3, 0.4) is 0 Å². The Labute approximate surface area is 153 Å². The van der Waals surface area contributed by atoms with Gasteiger partial charge in [0.1, 0.15) is 11.3 Å². The van der Waals surface area contributed by atoms with E-state index >= 15 is 0 Å². The van der Waals surface area contributed by atoms with E-state index in [0.29, 0.717) is 33.7 Å². The quantitative estimate of drug-likeness (QED) is 0.666. The first kappa shape index (κ1) is 16.8. The number of furan rings is 1. The van der Waals surface area contributed by atoms with Gasteiger partial charge in [0.2, 0.25) is 6.79 Å². The molecule has 8 heteroatoms. The lowest BCUT2D eigenvalue weighted by Gasteiger charge is -2.07. The second kappa shape index (κ2) is 6.91. The summed E-state index contributed by atoms with van der Waals surface area (Å²) in [4.78, 5) is 24.0. The van der Waals surface area contributed by atoms with E-state index in [4.69, 9.17) is 18.6 Å². The van der Waals surface area contributed by atoms with Crippen molar-refractivity contribution in [3.63, 3.8) is 0 Å². The number of nitrogens with one attached hydrogen (secondary N) is 1. The molecule has 2 aromatic carbocycles. The van der Waals surface area contributed by atoms with Crippen LogP contribution < -0.4 is 14.8 Å². The van der Waals surface area contributed by atoms with Crippen molar-refractivity contribution < 1.29 is 33.3 Å². The molecule has 0 unspecified atom stereocenters. The van der Waals surface area contributed by atoms with Crippen molar-refractivity contribution in [3.05, 3.63) is 48.2 Å². The minimum Gasteiger partial charge on any atom is -0.508 e. The first-order chi connectivity index (χ1) is 13.1. The van der Waals surface area contributed by atoms with E-state index in [0.717, 1.165) is 0 Å². The molecule has 4 rings (SSSR count). The molecule has 0 saturated heterocycles. The van der Waals surface area contributed by atoms with Gasteiger partial charge >= 0.3 is 5.97 Å². The number of hydrogen-bond acceptors (Lipinski definition) is 7. The Kier molecular flexibility index (Phi) is 4.29. The van der Waals surface area contributed by atoms with Crippen LogP contribution in [-0.4, -0.2) is 30.4 Å². The van der Waals surface area contributed by atoms with Gasteiger partial charge in [-0.25, -0.2) is 0 Å². The third-order valence-corrected chi connectivity index (χ3v) is 3.99. The first-order valence-corrected chi connectivity index (χ1v) is 8.13. The average molecular weight is 369 g/mol. The summed E-state index contributed by atoms with van der Waals surface area (Å²) in [5.74, 6) is 0.199. The molecule has 1 aliphatic rings. The van der Waals surface area contributed by atoms with Gasteiger partial charge in [0.15, 0.2) is 18.1 Å². The maximum atomic E-state index is 12.0. The van der Waals surface area contributed by atoms with E-state index in [2.05, 4.69) is 5.32 Å². The van der Waals surface area contributed by atoms with E-state index in [1.807, 2.05) is 0 Å². The molecule has 3 aromatic rings. The molecule has 2 N–H and O–H groups in total. The van der Waals surface area contributed by atoms with Gasteiger partial charge in [-0.3, -0.25) is 9.59 Å². The minimum atomic E-state index is -0.563. The van der Waals surface area contributed by atoms with Crippen LogP contribution in [0.2, 0.25) is 0 Å². The number of carbonyl (C=O) groups is 2. The van der Waals surface area contributed by atoms with Crippen LogP contribution in [0.5, 0.6) is 17.2 Å². The lowest BCUT2D eigenvalue weighted by Crippen LogP contribution is -2.21. The predicted molar refractivity (Wildman–Crippen MR) is 93.7 cm³/mol. The number of fused-ring (bicyclic) bond motifs is 2. The molecule has 1 amide bonds. The summed E-state index contributed by atoms with van der Waals surface area (Å²) < 4.78 is 20.8. The lowest BCUT2D eigenvalue weighted by molar-refractivity contribution is -0.146. The van der Waals surface area contributed by atoms with Crippen LogP contribution in [0.15, 0.2) is 47.1 Å². The molecule has 2 heterocycles. The Bertz CT molecular complexity index is 1020. The number of esters is 1. The second-order valence-corrected chi connectivity index (χ2v) is 5.90. The van der Waals surface area contributed by atoms with Crippen LogP contribution in [0.25, 0.3) is 11.0 Å². The van der Waals surface area contributed by atoms with Crippen molar-refractivity contribution in [3.8, 4) is 17.2 Å². The van der Waals surface area contributed by atoms with Gasteiger partial charge in [-0.15, -0.1) is 0 Å². The largest absolute Gasteiger partial charge is 0.508 e. The molecule has 0 saturated carbocycles. The van der Waals surface area contributed by atoms with E-state index in [1.54, 1.807) is 24.3 Å². The number of phenolic OH excluding ortho intramolecular Hbond substituents is 1. The standard InChI is InChI=1S/C19H15NO7/c21-13-2-3-14-11(8-24-16(14)7-13)5-19(23)25-9-18(22)20-12-1-4-15-17(6-12)27-10-26-15/h1-4,6-8,21H,5,9-10H2,(H,20,22). The van der Waals surface area contributed by atoms with Crippen LogP contribution >= 0.6 is 0 Å². The number of amides is 1. The number of aromatic hydroxyl groups is 1. The van der Waals surface area contributed by atoms with E-state index in [9.17, 15) is 14.7 Å². The van der Waals surface area contributed by atoms with E-state index in [1.165, 1.54) is 18.4 Å². The fraction of sp³-hybridized carbons (Fsp3) is 0.158. The van der Waals surface area contributed by atoms with Gasteiger partial charge in [0.25, 0.3) is 5.91 Å². The smallest absolute Gasteiger partial charge is 0.310 e. The highest BCUT2D eigenvalue weighted by molar-refractivity contribution is 5.93. The molecule has 27 heavy (non-hydrogen) atoms. The first-order valence-electron chi connectivity index (χ1n) is 8.13. The molecular weight excluding hydrogens is 354 g/mol. The number of phenols is 1. The van der Waals surface area contributed by atoms with Crippen molar-refractivity contribution in [1.82, 2.24) is 0 Å². The molecule has 0 fully saturated rings. The number of anilines is 1. The van der Waals surface area contributed by atoms with Crippen LogP contribution in [-0.2, 0) is 20.7 Å². The number of benzene rings is 2. The highest BCUT2D eigenvalue weighted by Crippen LogP contribution is 2.34. The summed E-state index contributed by atoms with van der Waals surface area (Å²) in [6, 6.07) is 9.61.